The van der Waals surface area contributed by atoms with E-state index in [0.717, 1.165) is 16.1 Å². The Morgan fingerprint density at radius 2 is 1.07 bits per heavy atom. The first-order valence-corrected chi connectivity index (χ1v) is 11.8. The molecule has 0 amide bonds. The highest BCUT2D eigenvalue weighted by atomic mass is 79.9. The first kappa shape index (κ1) is 23.7. The number of aromatic nitrogens is 6. The summed E-state index contributed by atoms with van der Waals surface area (Å²) in [6, 6.07) is 15.2. The van der Waals surface area contributed by atoms with Gasteiger partial charge in [0.15, 0.2) is 19.0 Å². The van der Waals surface area contributed by atoms with E-state index in [1.54, 1.807) is 4.80 Å². The summed E-state index contributed by atoms with van der Waals surface area (Å²) in [7, 11) is 0. The maximum atomic E-state index is 5.88. The molecule has 0 aliphatic rings. The predicted octanol–water partition coefficient (Wildman–Crippen LogP) is 6.90. The Morgan fingerprint density at radius 1 is 0.633 bits per heavy atom. The molecule has 0 atom stereocenters. The normalized spacial score (nSPS) is 10.6. The third kappa shape index (κ3) is 7.03. The molecule has 0 bridgehead atoms. The van der Waals surface area contributed by atoms with Gasteiger partial charge in [-0.1, -0.05) is 59.1 Å². The highest BCUT2D eigenvalue weighted by Crippen LogP contribution is 2.19. The standard InChI is InChI=1S/C9H6Br2ClN3.C9H6BrCl2N3/c10-8-9(11)14-15(13-8)5-6-2-1-3-7(12)4-6;10-8-9(12)14-15(13-8)5-6-2-1-3-7(11)4-6/h2*1-4H,5H2. The summed E-state index contributed by atoms with van der Waals surface area (Å²) in [6.45, 7) is 1.15. The summed E-state index contributed by atoms with van der Waals surface area (Å²) in [4.78, 5) is 3.11. The lowest BCUT2D eigenvalue weighted by molar-refractivity contribution is 0.586. The van der Waals surface area contributed by atoms with Crippen molar-refractivity contribution in [2.75, 3.05) is 0 Å². The van der Waals surface area contributed by atoms with Gasteiger partial charge in [-0.15, -0.1) is 20.4 Å². The Morgan fingerprint density at radius 3 is 1.47 bits per heavy atom. The van der Waals surface area contributed by atoms with E-state index in [1.807, 2.05) is 48.5 Å². The van der Waals surface area contributed by atoms with Gasteiger partial charge < -0.3 is 0 Å². The van der Waals surface area contributed by atoms with Crippen LogP contribution in [0.1, 0.15) is 11.1 Å². The molecule has 0 aliphatic heterocycles. The molecule has 0 unspecified atom stereocenters. The molecule has 0 fully saturated rings. The van der Waals surface area contributed by atoms with Crippen LogP contribution in [-0.2, 0) is 13.1 Å². The summed E-state index contributed by atoms with van der Waals surface area (Å²) in [6.07, 6.45) is 0. The first-order chi connectivity index (χ1) is 14.3. The lowest BCUT2D eigenvalue weighted by Crippen LogP contribution is -2.03. The molecule has 30 heavy (non-hydrogen) atoms. The average molecular weight is 658 g/mol. The topological polar surface area (TPSA) is 61.4 Å². The second-order valence-corrected chi connectivity index (χ2v) is 9.37. The lowest BCUT2D eigenvalue weighted by atomic mass is 10.2. The van der Waals surface area contributed by atoms with Crippen molar-refractivity contribution in [3.8, 4) is 0 Å². The second-order valence-electron chi connectivity index (χ2n) is 5.88. The number of nitrogens with zero attached hydrogens (tertiary/aromatic N) is 6. The molecule has 0 N–H and O–H groups in total. The van der Waals surface area contributed by atoms with E-state index in [4.69, 9.17) is 34.8 Å². The van der Waals surface area contributed by atoms with Crippen molar-refractivity contribution in [2.45, 2.75) is 13.1 Å². The van der Waals surface area contributed by atoms with Gasteiger partial charge >= 0.3 is 0 Å². The Balaban J connectivity index is 0.000000171. The van der Waals surface area contributed by atoms with Crippen LogP contribution < -0.4 is 0 Å². The Kier molecular flexibility index (Phi) is 8.73. The monoisotopic (exact) mass is 654 g/mol. The summed E-state index contributed by atoms with van der Waals surface area (Å²) in [5, 5.41) is 18.2. The van der Waals surface area contributed by atoms with Gasteiger partial charge in [0.2, 0.25) is 0 Å². The van der Waals surface area contributed by atoms with Crippen molar-refractivity contribution in [2.24, 2.45) is 0 Å². The minimum atomic E-state index is 0.358. The van der Waals surface area contributed by atoms with Crippen molar-refractivity contribution < 1.29 is 0 Å². The number of halogens is 6. The van der Waals surface area contributed by atoms with Crippen molar-refractivity contribution in [3.63, 3.8) is 0 Å². The minimum Gasteiger partial charge on any atom is -0.178 e. The molecule has 2 aromatic heterocycles. The summed E-state index contributed by atoms with van der Waals surface area (Å²) < 4.78 is 1.94. The molecular weight excluding hydrogens is 646 g/mol. The molecular formula is C18H12Br3Cl3N6. The third-order valence-electron chi connectivity index (χ3n) is 3.58. The largest absolute Gasteiger partial charge is 0.185 e. The molecule has 2 aromatic carbocycles. The zero-order chi connectivity index (χ0) is 21.7. The van der Waals surface area contributed by atoms with E-state index >= 15 is 0 Å². The summed E-state index contributed by atoms with van der Waals surface area (Å²) >= 11 is 27.2. The van der Waals surface area contributed by atoms with Crippen LogP contribution in [-0.4, -0.2) is 30.0 Å². The molecule has 0 saturated heterocycles. The van der Waals surface area contributed by atoms with Crippen LogP contribution >= 0.6 is 82.6 Å². The smallest absolute Gasteiger partial charge is 0.178 e. The third-order valence-corrected chi connectivity index (χ3v) is 6.67. The number of hydrogen-bond donors (Lipinski definition) is 0. The van der Waals surface area contributed by atoms with E-state index < -0.39 is 0 Å². The van der Waals surface area contributed by atoms with Gasteiger partial charge in [0.25, 0.3) is 0 Å². The van der Waals surface area contributed by atoms with Gasteiger partial charge in [-0.25, -0.2) is 0 Å². The van der Waals surface area contributed by atoms with Crippen LogP contribution in [0.2, 0.25) is 15.2 Å². The highest BCUT2D eigenvalue weighted by Gasteiger charge is 2.06. The van der Waals surface area contributed by atoms with Gasteiger partial charge in [-0.3, -0.25) is 0 Å². The van der Waals surface area contributed by atoms with Crippen LogP contribution in [0.25, 0.3) is 0 Å². The lowest BCUT2D eigenvalue weighted by Gasteiger charge is -2.00. The SMILES string of the molecule is Clc1cccc(Cn2nc(Br)c(Br)n2)c1.Clc1cccc(Cn2nc(Cl)c(Br)n2)c1. The van der Waals surface area contributed by atoms with Crippen molar-refractivity contribution >= 4 is 82.6 Å². The fraction of sp³-hybridized carbons (Fsp3) is 0.111. The fourth-order valence-electron chi connectivity index (χ4n) is 2.35. The van der Waals surface area contributed by atoms with E-state index in [-0.39, 0.29) is 0 Å². The van der Waals surface area contributed by atoms with Gasteiger partial charge in [-0.05, 0) is 83.2 Å². The van der Waals surface area contributed by atoms with Crippen molar-refractivity contribution in [1.29, 1.82) is 0 Å². The minimum absolute atomic E-state index is 0.358. The maximum Gasteiger partial charge on any atom is 0.185 e. The summed E-state index contributed by atoms with van der Waals surface area (Å²) in [5.41, 5.74) is 2.10. The maximum absolute atomic E-state index is 5.88. The van der Waals surface area contributed by atoms with Gasteiger partial charge in [-0.2, -0.15) is 9.59 Å². The van der Waals surface area contributed by atoms with E-state index in [2.05, 4.69) is 68.2 Å². The molecule has 0 radical (unpaired) electrons. The number of benzene rings is 2. The zero-order valence-electron chi connectivity index (χ0n) is 15.0. The van der Waals surface area contributed by atoms with E-state index in [0.29, 0.717) is 37.1 Å². The number of rotatable bonds is 4. The van der Waals surface area contributed by atoms with Crippen molar-refractivity contribution in [1.82, 2.24) is 30.0 Å². The first-order valence-electron chi connectivity index (χ1n) is 8.31. The predicted molar refractivity (Wildman–Crippen MR) is 129 cm³/mol. The molecule has 12 heteroatoms. The Hall–Kier alpha value is -0.970. The van der Waals surface area contributed by atoms with Gasteiger partial charge in [0.05, 0.1) is 13.1 Å². The van der Waals surface area contributed by atoms with Crippen LogP contribution in [0.5, 0.6) is 0 Å². The zero-order valence-corrected chi connectivity index (χ0v) is 22.0. The molecule has 0 aliphatic carbocycles. The summed E-state index contributed by atoms with van der Waals surface area (Å²) in [5.74, 6) is 0. The van der Waals surface area contributed by atoms with Gasteiger partial charge in [0.1, 0.15) is 0 Å². The average Bonchev–Trinajstić information content (AvgIpc) is 3.15. The molecule has 0 saturated carbocycles. The van der Waals surface area contributed by atoms with Crippen LogP contribution in [0.15, 0.2) is 62.3 Å². The second kappa shape index (κ2) is 11.1. The highest BCUT2D eigenvalue weighted by molar-refractivity contribution is 9.13. The van der Waals surface area contributed by atoms with Crippen molar-refractivity contribution in [3.05, 3.63) is 88.7 Å². The molecule has 0 spiro atoms. The molecule has 2 heterocycles. The fourth-order valence-corrected chi connectivity index (χ4v) is 3.69. The molecule has 4 rings (SSSR count). The van der Waals surface area contributed by atoms with Crippen LogP contribution in [0, 0.1) is 0 Å². The Labute approximate surface area is 212 Å². The Bertz CT molecular complexity index is 1020. The van der Waals surface area contributed by atoms with E-state index in [1.165, 1.54) is 4.80 Å². The molecule has 156 valence electrons. The van der Waals surface area contributed by atoms with Crippen LogP contribution in [0.4, 0.5) is 0 Å². The molecule has 6 nitrogen and oxygen atoms in total. The quantitative estimate of drug-likeness (QED) is 0.240. The van der Waals surface area contributed by atoms with Crippen LogP contribution in [0.3, 0.4) is 0 Å². The number of hydrogen-bond acceptors (Lipinski definition) is 4. The molecule has 4 aromatic rings. The van der Waals surface area contributed by atoms with Gasteiger partial charge in [0, 0.05) is 10.0 Å². The van der Waals surface area contributed by atoms with E-state index in [9.17, 15) is 0 Å².